The molecule has 5 nitrogen and oxygen atoms in total. The van der Waals surface area contributed by atoms with Crippen molar-refractivity contribution in [2.45, 2.75) is 19.4 Å². The third-order valence-corrected chi connectivity index (χ3v) is 4.17. The van der Waals surface area contributed by atoms with Gasteiger partial charge in [0.1, 0.15) is 11.8 Å². The van der Waals surface area contributed by atoms with Gasteiger partial charge in [0.15, 0.2) is 11.5 Å². The molecule has 0 aliphatic heterocycles. The maximum absolute atomic E-state index is 4.38. The second-order valence-electron chi connectivity index (χ2n) is 4.54. The van der Waals surface area contributed by atoms with Crippen molar-refractivity contribution >= 4 is 28.3 Å². The molecule has 0 aromatic carbocycles. The van der Waals surface area contributed by atoms with Crippen LogP contribution in [0.4, 0.5) is 5.82 Å². The number of H-pyrrole nitrogens is 1. The zero-order valence-corrected chi connectivity index (χ0v) is 11.7. The van der Waals surface area contributed by atoms with Gasteiger partial charge in [0.05, 0.1) is 6.33 Å². The van der Waals surface area contributed by atoms with Crippen molar-refractivity contribution in [1.29, 1.82) is 0 Å². The first-order valence-corrected chi connectivity index (χ1v) is 7.03. The molecule has 0 aliphatic rings. The fraction of sp³-hybridized carbons (Fsp3) is 0.308. The molecule has 3 aromatic rings. The van der Waals surface area contributed by atoms with Crippen molar-refractivity contribution in [2.75, 3.05) is 11.9 Å². The van der Waals surface area contributed by atoms with Gasteiger partial charge in [-0.15, -0.1) is 11.3 Å². The van der Waals surface area contributed by atoms with Crippen molar-refractivity contribution in [3.05, 3.63) is 35.0 Å². The second kappa shape index (κ2) is 4.97. The Morgan fingerprint density at radius 3 is 3.05 bits per heavy atom. The van der Waals surface area contributed by atoms with E-state index in [0.717, 1.165) is 17.8 Å². The van der Waals surface area contributed by atoms with Crippen LogP contribution in [0, 0.1) is 0 Å². The number of imidazole rings is 1. The van der Waals surface area contributed by atoms with Crippen molar-refractivity contribution in [1.82, 2.24) is 19.9 Å². The number of anilines is 1. The van der Waals surface area contributed by atoms with Crippen LogP contribution in [0.2, 0.25) is 0 Å². The molecular formula is C13H15N5S. The first-order chi connectivity index (χ1) is 9.25. The standard InChI is InChI=1S/C13H15N5S/c1-9(6-10-4-3-5-19-10)18(2)13-11-12(15-7-14-11)16-8-17-13/h3-5,7-9H,6H2,1-2H3,(H,14,15,16,17). The Balaban J connectivity index is 1.86. The smallest absolute Gasteiger partial charge is 0.182 e. The summed E-state index contributed by atoms with van der Waals surface area (Å²) in [5.74, 6) is 0.895. The average molecular weight is 273 g/mol. The van der Waals surface area contributed by atoms with Crippen LogP contribution in [0.15, 0.2) is 30.2 Å². The highest BCUT2D eigenvalue weighted by Crippen LogP contribution is 2.22. The van der Waals surface area contributed by atoms with Gasteiger partial charge in [-0.05, 0) is 18.4 Å². The summed E-state index contributed by atoms with van der Waals surface area (Å²) >= 11 is 1.79. The Morgan fingerprint density at radius 2 is 2.26 bits per heavy atom. The number of aromatic amines is 1. The summed E-state index contributed by atoms with van der Waals surface area (Å²) in [6, 6.07) is 4.62. The van der Waals surface area contributed by atoms with E-state index in [1.54, 1.807) is 24.0 Å². The van der Waals surface area contributed by atoms with E-state index in [9.17, 15) is 0 Å². The van der Waals surface area contributed by atoms with Crippen LogP contribution < -0.4 is 4.90 Å². The molecule has 1 atom stereocenters. The monoisotopic (exact) mass is 273 g/mol. The molecule has 0 radical (unpaired) electrons. The lowest BCUT2D eigenvalue weighted by Gasteiger charge is -2.25. The second-order valence-corrected chi connectivity index (χ2v) is 5.57. The van der Waals surface area contributed by atoms with Crippen LogP contribution in [-0.2, 0) is 6.42 Å². The predicted octanol–water partition coefficient (Wildman–Crippen LogP) is 2.48. The summed E-state index contributed by atoms with van der Waals surface area (Å²) in [7, 11) is 2.06. The van der Waals surface area contributed by atoms with Crippen LogP contribution in [0.1, 0.15) is 11.8 Å². The normalized spacial score (nSPS) is 12.7. The fourth-order valence-electron chi connectivity index (χ4n) is 2.09. The van der Waals surface area contributed by atoms with Gasteiger partial charge in [-0.2, -0.15) is 0 Å². The van der Waals surface area contributed by atoms with Gasteiger partial charge >= 0.3 is 0 Å². The number of rotatable bonds is 4. The highest BCUT2D eigenvalue weighted by molar-refractivity contribution is 7.09. The lowest BCUT2D eigenvalue weighted by Crippen LogP contribution is -2.31. The maximum Gasteiger partial charge on any atom is 0.182 e. The van der Waals surface area contributed by atoms with E-state index in [-0.39, 0.29) is 0 Å². The van der Waals surface area contributed by atoms with Crippen LogP contribution in [0.3, 0.4) is 0 Å². The number of likely N-dealkylation sites (N-methyl/N-ethyl adjacent to an activating group) is 1. The highest BCUT2D eigenvalue weighted by Gasteiger charge is 2.16. The molecule has 0 spiro atoms. The number of fused-ring (bicyclic) bond motifs is 1. The van der Waals surface area contributed by atoms with Gasteiger partial charge in [-0.25, -0.2) is 15.0 Å². The molecule has 1 N–H and O–H groups in total. The number of nitrogens with one attached hydrogen (secondary N) is 1. The minimum absolute atomic E-state index is 0.361. The predicted molar refractivity (Wildman–Crippen MR) is 77.6 cm³/mol. The van der Waals surface area contributed by atoms with Gasteiger partial charge in [-0.3, -0.25) is 0 Å². The number of nitrogens with zero attached hydrogens (tertiary/aromatic N) is 4. The Morgan fingerprint density at radius 1 is 1.37 bits per heavy atom. The van der Waals surface area contributed by atoms with Crippen molar-refractivity contribution in [2.24, 2.45) is 0 Å². The molecule has 0 bridgehead atoms. The zero-order chi connectivity index (χ0) is 13.2. The SMILES string of the molecule is CC(Cc1cccs1)N(C)c1ncnc2nc[nH]c12. The van der Waals surface area contributed by atoms with Gasteiger partial charge in [0, 0.05) is 24.4 Å². The summed E-state index contributed by atoms with van der Waals surface area (Å²) in [6.45, 7) is 2.20. The molecule has 1 unspecified atom stereocenters. The number of hydrogen-bond donors (Lipinski definition) is 1. The van der Waals surface area contributed by atoms with E-state index in [2.05, 4.69) is 56.3 Å². The van der Waals surface area contributed by atoms with Crippen molar-refractivity contribution in [3.63, 3.8) is 0 Å². The van der Waals surface area contributed by atoms with Crippen LogP contribution in [0.5, 0.6) is 0 Å². The maximum atomic E-state index is 4.38. The Hall–Kier alpha value is -1.95. The quantitative estimate of drug-likeness (QED) is 0.793. The van der Waals surface area contributed by atoms with Crippen molar-refractivity contribution in [3.8, 4) is 0 Å². The van der Waals surface area contributed by atoms with Gasteiger partial charge in [0.2, 0.25) is 0 Å². The Labute approximate surface area is 115 Å². The summed E-state index contributed by atoms with van der Waals surface area (Å²) < 4.78 is 0. The molecule has 0 fully saturated rings. The molecule has 98 valence electrons. The van der Waals surface area contributed by atoms with E-state index < -0.39 is 0 Å². The lowest BCUT2D eigenvalue weighted by atomic mass is 10.2. The molecule has 0 saturated heterocycles. The molecule has 6 heteroatoms. The molecule has 3 aromatic heterocycles. The molecule has 3 heterocycles. The number of thiophene rings is 1. The summed E-state index contributed by atoms with van der Waals surface area (Å²) in [5, 5.41) is 2.11. The number of aromatic nitrogens is 4. The van der Waals surface area contributed by atoms with Gasteiger partial charge in [-0.1, -0.05) is 6.07 Å². The van der Waals surface area contributed by atoms with E-state index in [1.807, 2.05) is 0 Å². The van der Waals surface area contributed by atoms with E-state index in [4.69, 9.17) is 0 Å². The van der Waals surface area contributed by atoms with Gasteiger partial charge < -0.3 is 9.88 Å². The zero-order valence-electron chi connectivity index (χ0n) is 10.9. The van der Waals surface area contributed by atoms with E-state index in [1.165, 1.54) is 4.88 Å². The third kappa shape index (κ3) is 2.31. The van der Waals surface area contributed by atoms with E-state index in [0.29, 0.717) is 11.7 Å². The van der Waals surface area contributed by atoms with E-state index >= 15 is 0 Å². The molecule has 3 rings (SSSR count). The molecule has 19 heavy (non-hydrogen) atoms. The molecule has 0 saturated carbocycles. The molecule has 0 aliphatic carbocycles. The molecule has 0 amide bonds. The van der Waals surface area contributed by atoms with Crippen molar-refractivity contribution < 1.29 is 0 Å². The topological polar surface area (TPSA) is 57.7 Å². The first kappa shape index (κ1) is 12.1. The fourth-order valence-corrected chi connectivity index (χ4v) is 2.91. The van der Waals surface area contributed by atoms with Crippen LogP contribution in [0.25, 0.3) is 11.2 Å². The van der Waals surface area contributed by atoms with Gasteiger partial charge in [0.25, 0.3) is 0 Å². The Bertz CT molecular complexity index is 661. The summed E-state index contributed by atoms with van der Waals surface area (Å²) in [6.07, 6.45) is 4.22. The highest BCUT2D eigenvalue weighted by atomic mass is 32.1. The number of hydrogen-bond acceptors (Lipinski definition) is 5. The Kier molecular flexibility index (Phi) is 3.16. The minimum Gasteiger partial charge on any atom is -0.355 e. The minimum atomic E-state index is 0.361. The first-order valence-electron chi connectivity index (χ1n) is 6.15. The average Bonchev–Trinajstić information content (AvgIpc) is 3.07. The third-order valence-electron chi connectivity index (χ3n) is 3.27. The summed E-state index contributed by atoms with van der Waals surface area (Å²) in [4.78, 5) is 19.3. The lowest BCUT2D eigenvalue weighted by molar-refractivity contribution is 0.681. The van der Waals surface area contributed by atoms with Crippen LogP contribution >= 0.6 is 11.3 Å². The van der Waals surface area contributed by atoms with Crippen LogP contribution in [-0.4, -0.2) is 33.0 Å². The molecular weight excluding hydrogens is 258 g/mol. The largest absolute Gasteiger partial charge is 0.355 e. The summed E-state index contributed by atoms with van der Waals surface area (Å²) in [5.41, 5.74) is 1.60.